The van der Waals surface area contributed by atoms with Gasteiger partial charge in [-0.15, -0.1) is 11.8 Å². The Morgan fingerprint density at radius 2 is 1.71 bits per heavy atom. The van der Waals surface area contributed by atoms with E-state index in [2.05, 4.69) is 24.4 Å². The Balaban J connectivity index is 1.53. The van der Waals surface area contributed by atoms with Crippen LogP contribution in [0.3, 0.4) is 0 Å². The van der Waals surface area contributed by atoms with Crippen LogP contribution < -0.4 is 10.2 Å². The van der Waals surface area contributed by atoms with Gasteiger partial charge in [-0.05, 0) is 36.2 Å². The van der Waals surface area contributed by atoms with Crippen molar-refractivity contribution in [1.82, 2.24) is 4.90 Å². The maximum absolute atomic E-state index is 14.0. The van der Waals surface area contributed by atoms with Crippen LogP contribution in [0.5, 0.6) is 0 Å². The van der Waals surface area contributed by atoms with E-state index in [-0.39, 0.29) is 11.9 Å². The maximum Gasteiger partial charge on any atom is 0.323 e. The molecule has 5 rings (SSSR count). The Bertz CT molecular complexity index is 1150. The summed E-state index contributed by atoms with van der Waals surface area (Å²) >= 11 is 1.54. The molecule has 156 valence electrons. The predicted octanol–water partition coefficient (Wildman–Crippen LogP) is 4.98. The normalized spacial score (nSPS) is 19.7. The molecule has 2 aliphatic rings. The largest absolute Gasteiger partial charge is 0.323 e. The van der Waals surface area contributed by atoms with Crippen molar-refractivity contribution in [2.24, 2.45) is 0 Å². The fraction of sp³-hybridized carbons (Fsp3) is 0.200. The molecular formula is C25H23N3O2S. The number of amides is 3. The van der Waals surface area contributed by atoms with E-state index in [1.165, 1.54) is 0 Å². The van der Waals surface area contributed by atoms with Crippen molar-refractivity contribution in [2.75, 3.05) is 22.5 Å². The van der Waals surface area contributed by atoms with Gasteiger partial charge in [0.15, 0.2) is 4.87 Å². The first kappa shape index (κ1) is 19.7. The lowest BCUT2D eigenvalue weighted by Crippen LogP contribution is -2.51. The second-order valence-electron chi connectivity index (χ2n) is 7.78. The highest BCUT2D eigenvalue weighted by molar-refractivity contribution is 8.01. The number of para-hydroxylation sites is 2. The summed E-state index contributed by atoms with van der Waals surface area (Å²) in [5.41, 5.74) is 4.73. The van der Waals surface area contributed by atoms with Gasteiger partial charge in [0.2, 0.25) is 0 Å². The molecule has 1 N–H and O–H groups in total. The summed E-state index contributed by atoms with van der Waals surface area (Å²) in [5, 5.41) is 2.96. The van der Waals surface area contributed by atoms with Crippen LogP contribution in [0, 0.1) is 6.92 Å². The molecule has 1 atom stereocenters. The second-order valence-corrected chi connectivity index (χ2v) is 9.06. The van der Waals surface area contributed by atoms with Crippen LogP contribution >= 0.6 is 11.8 Å². The van der Waals surface area contributed by atoms with Gasteiger partial charge in [0.1, 0.15) is 0 Å². The molecular weight excluding hydrogens is 406 g/mol. The number of carbonyl (C=O) groups excluding carboxylic acids is 2. The average molecular weight is 430 g/mol. The smallest absolute Gasteiger partial charge is 0.308 e. The summed E-state index contributed by atoms with van der Waals surface area (Å²) < 4.78 is 0. The van der Waals surface area contributed by atoms with Gasteiger partial charge in [-0.25, -0.2) is 4.79 Å². The van der Waals surface area contributed by atoms with E-state index in [0.29, 0.717) is 18.8 Å². The van der Waals surface area contributed by atoms with Crippen molar-refractivity contribution in [1.29, 1.82) is 0 Å². The van der Waals surface area contributed by atoms with E-state index in [1.807, 2.05) is 71.6 Å². The van der Waals surface area contributed by atoms with Gasteiger partial charge < -0.3 is 10.2 Å². The third-order valence-electron chi connectivity index (χ3n) is 5.96. The number of hydrogen-bond donors (Lipinski definition) is 1. The number of rotatable bonds is 3. The van der Waals surface area contributed by atoms with Gasteiger partial charge in [0.25, 0.3) is 5.91 Å². The predicted molar refractivity (Wildman–Crippen MR) is 125 cm³/mol. The minimum absolute atomic E-state index is 0.0531. The summed E-state index contributed by atoms with van der Waals surface area (Å²) in [5.74, 6) is 0.656. The first-order valence-electron chi connectivity index (χ1n) is 10.3. The monoisotopic (exact) mass is 429 g/mol. The Morgan fingerprint density at radius 3 is 2.52 bits per heavy atom. The van der Waals surface area contributed by atoms with Crippen LogP contribution in [0.15, 0.2) is 78.9 Å². The minimum atomic E-state index is -1.03. The van der Waals surface area contributed by atoms with Gasteiger partial charge in [0.05, 0.1) is 12.2 Å². The molecule has 5 nitrogen and oxygen atoms in total. The number of hydrogen-bond acceptors (Lipinski definition) is 3. The number of benzene rings is 3. The molecule has 0 aliphatic carbocycles. The van der Waals surface area contributed by atoms with Crippen LogP contribution in [0.25, 0.3) is 0 Å². The quantitative estimate of drug-likeness (QED) is 0.639. The zero-order valence-corrected chi connectivity index (χ0v) is 18.1. The van der Waals surface area contributed by atoms with Crippen LogP contribution in [-0.4, -0.2) is 29.1 Å². The average Bonchev–Trinajstić information content (AvgIpc) is 3.33. The summed E-state index contributed by atoms with van der Waals surface area (Å²) in [6.07, 6.45) is 0. The summed E-state index contributed by atoms with van der Waals surface area (Å²) in [7, 11) is 0. The Labute approximate surface area is 186 Å². The highest BCUT2D eigenvalue weighted by Crippen LogP contribution is 2.54. The fourth-order valence-corrected chi connectivity index (χ4v) is 5.86. The van der Waals surface area contributed by atoms with Crippen molar-refractivity contribution in [2.45, 2.75) is 18.3 Å². The van der Waals surface area contributed by atoms with Crippen LogP contribution in [-0.2, 0) is 16.2 Å². The number of fused-ring (bicyclic) bond motifs is 2. The van der Waals surface area contributed by atoms with Gasteiger partial charge in [-0.3, -0.25) is 9.69 Å². The molecule has 0 bridgehead atoms. The molecule has 3 aromatic carbocycles. The maximum atomic E-state index is 14.0. The van der Waals surface area contributed by atoms with Crippen molar-refractivity contribution in [3.05, 3.63) is 95.6 Å². The van der Waals surface area contributed by atoms with Crippen molar-refractivity contribution in [3.63, 3.8) is 0 Å². The summed E-state index contributed by atoms with van der Waals surface area (Å²) in [6, 6.07) is 25.1. The SMILES string of the molecule is Cc1ccccc1CN1C(=O)[C@]2(SCCN2C(=O)Nc2ccccc2)c2ccccc21. The van der Waals surface area contributed by atoms with E-state index in [1.54, 1.807) is 16.7 Å². The first-order valence-corrected chi connectivity index (χ1v) is 11.3. The van der Waals surface area contributed by atoms with E-state index < -0.39 is 4.87 Å². The zero-order valence-electron chi connectivity index (χ0n) is 17.2. The molecule has 0 saturated carbocycles. The molecule has 0 radical (unpaired) electrons. The number of anilines is 2. The van der Waals surface area contributed by atoms with Gasteiger partial charge in [-0.1, -0.05) is 60.7 Å². The van der Waals surface area contributed by atoms with Crippen molar-refractivity contribution >= 4 is 35.1 Å². The Hall–Kier alpha value is -3.25. The van der Waals surface area contributed by atoms with Crippen LogP contribution in [0.4, 0.5) is 16.2 Å². The summed E-state index contributed by atoms with van der Waals surface area (Å²) in [4.78, 5) is 29.7. The molecule has 0 unspecified atom stereocenters. The topological polar surface area (TPSA) is 52.7 Å². The highest BCUT2D eigenvalue weighted by atomic mass is 32.2. The minimum Gasteiger partial charge on any atom is -0.308 e. The van der Waals surface area contributed by atoms with Crippen LogP contribution in [0.1, 0.15) is 16.7 Å². The van der Waals surface area contributed by atoms with Gasteiger partial charge in [-0.2, -0.15) is 0 Å². The van der Waals surface area contributed by atoms with E-state index in [4.69, 9.17) is 0 Å². The third kappa shape index (κ3) is 3.18. The van der Waals surface area contributed by atoms with Gasteiger partial charge >= 0.3 is 6.03 Å². The first-order chi connectivity index (χ1) is 15.1. The van der Waals surface area contributed by atoms with E-state index in [0.717, 1.165) is 28.1 Å². The molecule has 0 aromatic heterocycles. The van der Waals surface area contributed by atoms with Crippen molar-refractivity contribution < 1.29 is 9.59 Å². The molecule has 1 saturated heterocycles. The molecule has 3 amide bonds. The highest BCUT2D eigenvalue weighted by Gasteiger charge is 2.59. The number of urea groups is 1. The lowest BCUT2D eigenvalue weighted by atomic mass is 10.1. The Morgan fingerprint density at radius 1 is 1.00 bits per heavy atom. The lowest BCUT2D eigenvalue weighted by molar-refractivity contribution is -0.123. The van der Waals surface area contributed by atoms with Crippen LogP contribution in [0.2, 0.25) is 0 Å². The molecule has 6 heteroatoms. The molecule has 2 aliphatic heterocycles. The number of carbonyl (C=O) groups is 2. The number of nitrogens with one attached hydrogen (secondary N) is 1. The molecule has 2 heterocycles. The fourth-order valence-electron chi connectivity index (χ4n) is 4.40. The van der Waals surface area contributed by atoms with Gasteiger partial charge in [0, 0.05) is 23.5 Å². The molecule has 1 spiro atoms. The molecule has 31 heavy (non-hydrogen) atoms. The van der Waals surface area contributed by atoms with Crippen molar-refractivity contribution in [3.8, 4) is 0 Å². The number of thioether (sulfide) groups is 1. The molecule has 3 aromatic rings. The Kier molecular flexibility index (Phi) is 4.94. The second kappa shape index (κ2) is 7.78. The van der Waals surface area contributed by atoms with E-state index >= 15 is 0 Å². The number of nitrogens with zero attached hydrogens (tertiary/aromatic N) is 2. The lowest BCUT2D eigenvalue weighted by Gasteiger charge is -2.33. The molecule has 1 fully saturated rings. The summed E-state index contributed by atoms with van der Waals surface area (Å²) in [6.45, 7) is 3.06. The van der Waals surface area contributed by atoms with E-state index in [9.17, 15) is 9.59 Å². The standard InChI is InChI=1S/C25H23N3O2S/c1-18-9-5-6-10-19(18)17-27-22-14-8-7-13-21(22)25(23(27)29)28(15-16-31-25)24(30)26-20-11-3-2-4-12-20/h2-14H,15-17H2,1H3,(H,26,30)/t25-/m1/s1. The zero-order chi connectivity index (χ0) is 21.4. The number of aryl methyl sites for hydroxylation is 1. The third-order valence-corrected chi connectivity index (χ3v) is 7.38.